The van der Waals surface area contributed by atoms with Crippen molar-refractivity contribution in [3.63, 3.8) is 0 Å². The predicted molar refractivity (Wildman–Crippen MR) is 50.6 cm³/mol. The van der Waals surface area contributed by atoms with E-state index in [9.17, 15) is 5.11 Å². The highest BCUT2D eigenvalue weighted by Crippen LogP contribution is 2.29. The van der Waals surface area contributed by atoms with Crippen molar-refractivity contribution in [3.05, 3.63) is 26.3 Å². The molecule has 54 valence electrons. The van der Waals surface area contributed by atoms with Crippen LogP contribution in [0.3, 0.4) is 0 Å². The number of hydrogen-bond donors (Lipinski definition) is 1. The van der Waals surface area contributed by atoms with Gasteiger partial charge in [-0.15, -0.1) is 0 Å². The van der Waals surface area contributed by atoms with E-state index in [2.05, 4.69) is 0 Å². The molecule has 1 aromatic carbocycles. The first kappa shape index (κ1) is 8.14. The van der Waals surface area contributed by atoms with E-state index in [0.29, 0.717) is 5.02 Å². The van der Waals surface area contributed by atoms with Gasteiger partial charge in [0.15, 0.2) is 0 Å². The van der Waals surface area contributed by atoms with E-state index in [1.54, 1.807) is 6.07 Å². The van der Waals surface area contributed by atoms with Crippen molar-refractivity contribution in [1.29, 1.82) is 0 Å². The van der Waals surface area contributed by atoms with Crippen LogP contribution in [-0.4, -0.2) is 5.11 Å². The van der Waals surface area contributed by atoms with Gasteiger partial charge in [0.2, 0.25) is 0 Å². The Labute approximate surface area is 78.2 Å². The second kappa shape index (κ2) is 2.96. The highest BCUT2D eigenvalue weighted by Gasteiger charge is 2.02. The van der Waals surface area contributed by atoms with Gasteiger partial charge in [-0.05, 0) is 47.2 Å². The summed E-state index contributed by atoms with van der Waals surface area (Å²) in [7, 11) is 0. The zero-order valence-corrected chi connectivity index (χ0v) is 8.27. The number of phenolic OH excluding ortho intramolecular Hbond substituents is 1. The monoisotopic (exact) mass is 268 g/mol. The van der Waals surface area contributed by atoms with Crippen molar-refractivity contribution in [1.82, 2.24) is 0 Å². The van der Waals surface area contributed by atoms with Crippen LogP contribution < -0.4 is 0 Å². The maximum atomic E-state index is 9.19. The molecule has 0 saturated heterocycles. The van der Waals surface area contributed by atoms with E-state index in [1.165, 1.54) is 0 Å². The van der Waals surface area contributed by atoms with Gasteiger partial charge in [-0.25, -0.2) is 0 Å². The van der Waals surface area contributed by atoms with Gasteiger partial charge in [-0.2, -0.15) is 0 Å². The van der Waals surface area contributed by atoms with Crippen LogP contribution in [0.2, 0.25) is 5.02 Å². The third-order valence-electron chi connectivity index (χ3n) is 1.16. The molecule has 0 heterocycles. The first-order valence-corrected chi connectivity index (χ1v) is 4.21. The summed E-state index contributed by atoms with van der Waals surface area (Å²) in [6, 6.07) is 3.61. The smallest absolute Gasteiger partial charge is 0.147 e. The number of benzene rings is 1. The standard InChI is InChI=1S/C7H6ClIO/c1-4-2-5(8)7(10)6(9)3-4/h2-3,10H,1H3. The fourth-order valence-corrected chi connectivity index (χ4v) is 1.91. The fourth-order valence-electron chi connectivity index (χ4n) is 0.692. The Balaban J connectivity index is 3.31. The Morgan fingerprint density at radius 3 is 2.60 bits per heavy atom. The summed E-state index contributed by atoms with van der Waals surface area (Å²) in [6.45, 7) is 1.94. The minimum atomic E-state index is 0.174. The third kappa shape index (κ3) is 1.55. The number of hydrogen-bond acceptors (Lipinski definition) is 1. The molecule has 0 bridgehead atoms. The van der Waals surface area contributed by atoms with Crippen LogP contribution in [-0.2, 0) is 0 Å². The van der Waals surface area contributed by atoms with Crippen LogP contribution in [0.1, 0.15) is 5.56 Å². The summed E-state index contributed by atoms with van der Waals surface area (Å²) >= 11 is 7.71. The topological polar surface area (TPSA) is 20.2 Å². The number of rotatable bonds is 0. The first-order valence-electron chi connectivity index (χ1n) is 2.76. The molecule has 0 aliphatic carbocycles. The molecule has 0 atom stereocenters. The number of phenols is 1. The van der Waals surface area contributed by atoms with Crippen molar-refractivity contribution < 1.29 is 5.11 Å². The molecule has 1 rings (SSSR count). The van der Waals surface area contributed by atoms with Gasteiger partial charge in [0, 0.05) is 0 Å². The van der Waals surface area contributed by atoms with Crippen LogP contribution in [0.15, 0.2) is 12.1 Å². The Kier molecular flexibility index (Phi) is 2.41. The van der Waals surface area contributed by atoms with E-state index >= 15 is 0 Å². The van der Waals surface area contributed by atoms with Gasteiger partial charge in [0.1, 0.15) is 5.75 Å². The van der Waals surface area contributed by atoms with Crippen molar-refractivity contribution in [3.8, 4) is 5.75 Å². The molecule has 10 heavy (non-hydrogen) atoms. The molecule has 1 N–H and O–H groups in total. The predicted octanol–water partition coefficient (Wildman–Crippen LogP) is 2.96. The van der Waals surface area contributed by atoms with E-state index in [4.69, 9.17) is 11.6 Å². The number of aryl methyl sites for hydroxylation is 1. The molecular weight excluding hydrogens is 262 g/mol. The quantitative estimate of drug-likeness (QED) is 0.717. The van der Waals surface area contributed by atoms with Crippen molar-refractivity contribution in [2.75, 3.05) is 0 Å². The normalized spacial score (nSPS) is 9.90. The largest absolute Gasteiger partial charge is 0.505 e. The van der Waals surface area contributed by atoms with E-state index in [1.807, 2.05) is 35.6 Å². The Bertz CT molecular complexity index is 237. The van der Waals surface area contributed by atoms with Gasteiger partial charge in [0.05, 0.1) is 8.59 Å². The highest BCUT2D eigenvalue weighted by atomic mass is 127. The molecule has 0 aliphatic heterocycles. The summed E-state index contributed by atoms with van der Waals surface area (Å²) in [5.41, 5.74) is 1.06. The van der Waals surface area contributed by atoms with Crippen LogP contribution in [0.25, 0.3) is 0 Å². The summed E-state index contributed by atoms with van der Waals surface area (Å²) in [4.78, 5) is 0. The van der Waals surface area contributed by atoms with Crippen molar-refractivity contribution in [2.45, 2.75) is 6.92 Å². The lowest BCUT2D eigenvalue weighted by atomic mass is 10.2. The second-order valence-corrected chi connectivity index (χ2v) is 3.65. The SMILES string of the molecule is Cc1cc(Cl)c(O)c(I)c1. The van der Waals surface area contributed by atoms with Gasteiger partial charge in [-0.1, -0.05) is 11.6 Å². The molecule has 0 aromatic heterocycles. The molecule has 0 amide bonds. The molecule has 0 fully saturated rings. The number of halogens is 2. The summed E-state index contributed by atoms with van der Waals surface area (Å²) in [5.74, 6) is 0.174. The van der Waals surface area contributed by atoms with Crippen LogP contribution in [0, 0.1) is 10.5 Å². The molecule has 3 heteroatoms. The average molecular weight is 268 g/mol. The van der Waals surface area contributed by atoms with Crippen LogP contribution in [0.4, 0.5) is 0 Å². The van der Waals surface area contributed by atoms with Gasteiger partial charge in [-0.3, -0.25) is 0 Å². The second-order valence-electron chi connectivity index (χ2n) is 2.08. The Morgan fingerprint density at radius 2 is 2.10 bits per heavy atom. The summed E-state index contributed by atoms with van der Waals surface area (Å²) in [5, 5.41) is 9.61. The van der Waals surface area contributed by atoms with E-state index in [0.717, 1.165) is 9.13 Å². The third-order valence-corrected chi connectivity index (χ3v) is 2.27. The van der Waals surface area contributed by atoms with Crippen molar-refractivity contribution in [2.24, 2.45) is 0 Å². The van der Waals surface area contributed by atoms with Gasteiger partial charge in [0.25, 0.3) is 0 Å². The minimum absolute atomic E-state index is 0.174. The molecular formula is C7H6ClIO. The lowest BCUT2D eigenvalue weighted by Gasteiger charge is -2.00. The maximum Gasteiger partial charge on any atom is 0.147 e. The number of aromatic hydroxyl groups is 1. The van der Waals surface area contributed by atoms with E-state index < -0.39 is 0 Å². The molecule has 1 nitrogen and oxygen atoms in total. The summed E-state index contributed by atoms with van der Waals surface area (Å²) in [6.07, 6.45) is 0. The highest BCUT2D eigenvalue weighted by molar-refractivity contribution is 14.1. The molecule has 1 aromatic rings. The van der Waals surface area contributed by atoms with Crippen molar-refractivity contribution >= 4 is 34.2 Å². The lowest BCUT2D eigenvalue weighted by molar-refractivity contribution is 0.471. The zero-order chi connectivity index (χ0) is 7.72. The molecule has 0 saturated carbocycles. The lowest BCUT2D eigenvalue weighted by Crippen LogP contribution is -1.78. The van der Waals surface area contributed by atoms with Gasteiger partial charge < -0.3 is 5.11 Å². The maximum absolute atomic E-state index is 9.19. The fraction of sp³-hybridized carbons (Fsp3) is 0.143. The zero-order valence-electron chi connectivity index (χ0n) is 5.36. The van der Waals surface area contributed by atoms with Gasteiger partial charge >= 0.3 is 0 Å². The van der Waals surface area contributed by atoms with Crippen LogP contribution >= 0.6 is 34.2 Å². The first-order chi connectivity index (χ1) is 4.61. The average Bonchev–Trinajstić information content (AvgIpc) is 1.82. The minimum Gasteiger partial charge on any atom is -0.505 e. The van der Waals surface area contributed by atoms with Crippen LogP contribution in [0.5, 0.6) is 5.75 Å². The molecule has 0 radical (unpaired) electrons. The molecule has 0 spiro atoms. The van der Waals surface area contributed by atoms with E-state index in [-0.39, 0.29) is 5.75 Å². The Morgan fingerprint density at radius 1 is 1.50 bits per heavy atom. The molecule has 0 aliphatic rings. The Hall–Kier alpha value is 0.0400. The summed E-state index contributed by atoms with van der Waals surface area (Å²) < 4.78 is 0.794. The molecule has 0 unspecified atom stereocenters.